The number of morpholine rings is 1. The zero-order valence-corrected chi connectivity index (χ0v) is 23.6. The Balaban J connectivity index is 1.48. The monoisotopic (exact) mass is 515 g/mol. The maximum Gasteiger partial charge on any atom is 0.311 e. The molecule has 0 bridgehead atoms. The largest absolute Gasteiger partial charge is 0.482 e. The Morgan fingerprint density at radius 3 is 2.75 bits per heavy atom. The topological polar surface area (TPSA) is 48.0 Å². The van der Waals surface area contributed by atoms with Gasteiger partial charge < -0.3 is 14.2 Å². The van der Waals surface area contributed by atoms with E-state index in [1.54, 1.807) is 0 Å². The van der Waals surface area contributed by atoms with Crippen molar-refractivity contribution < 1.29 is 19.0 Å². The van der Waals surface area contributed by atoms with E-state index in [1.165, 1.54) is 41.7 Å². The number of benzene rings is 1. The van der Waals surface area contributed by atoms with Crippen molar-refractivity contribution in [1.82, 2.24) is 4.90 Å². The fraction of sp³-hybridized carbons (Fsp3) is 0.700. The predicted molar refractivity (Wildman–Crippen MR) is 149 cm³/mol. The summed E-state index contributed by atoms with van der Waals surface area (Å²) in [5.41, 5.74) is 3.19. The van der Waals surface area contributed by atoms with Gasteiger partial charge in [-0.05, 0) is 75.3 Å². The van der Waals surface area contributed by atoms with Crippen molar-refractivity contribution in [2.75, 3.05) is 38.6 Å². The fourth-order valence-electron chi connectivity index (χ4n) is 5.55. The van der Waals surface area contributed by atoms with E-state index in [0.29, 0.717) is 18.1 Å². The van der Waals surface area contributed by atoms with Crippen molar-refractivity contribution >= 4 is 23.3 Å². The number of nitrogens with zero attached hydrogens (tertiary/aromatic N) is 1. The summed E-state index contributed by atoms with van der Waals surface area (Å²) >= 11 is 1.88. The summed E-state index contributed by atoms with van der Waals surface area (Å²) < 4.78 is 18.1. The molecule has 0 amide bonds. The molecule has 1 aromatic carbocycles. The lowest BCUT2D eigenvalue weighted by atomic mass is 9.90. The lowest BCUT2D eigenvalue weighted by molar-refractivity contribution is -0.134. The Kier molecular flexibility index (Phi) is 9.82. The molecule has 1 fully saturated rings. The number of carbonyl (C=O) groups is 1. The van der Waals surface area contributed by atoms with Gasteiger partial charge in [-0.3, -0.25) is 9.69 Å². The van der Waals surface area contributed by atoms with E-state index in [4.69, 9.17) is 14.2 Å². The highest BCUT2D eigenvalue weighted by atomic mass is 32.2. The smallest absolute Gasteiger partial charge is 0.311 e. The van der Waals surface area contributed by atoms with Gasteiger partial charge in [-0.25, -0.2) is 0 Å². The second kappa shape index (κ2) is 12.8. The zero-order valence-electron chi connectivity index (χ0n) is 22.8. The number of hydrogen-bond donors (Lipinski definition) is 0. The number of carbonyl (C=O) groups excluding carboxylic acids is 1. The van der Waals surface area contributed by atoms with Crippen LogP contribution in [0.2, 0.25) is 0 Å². The number of aryl methyl sites for hydroxylation is 1. The van der Waals surface area contributed by atoms with Gasteiger partial charge in [0.05, 0.1) is 18.8 Å². The predicted octanol–water partition coefficient (Wildman–Crippen LogP) is 6.87. The number of hydrogen-bond acceptors (Lipinski definition) is 6. The lowest BCUT2D eigenvalue weighted by Crippen LogP contribution is -2.37. The van der Waals surface area contributed by atoms with Gasteiger partial charge in [-0.15, -0.1) is 11.8 Å². The van der Waals surface area contributed by atoms with Crippen LogP contribution < -0.4 is 9.47 Å². The highest BCUT2D eigenvalue weighted by Gasteiger charge is 2.39. The summed E-state index contributed by atoms with van der Waals surface area (Å²) in [4.78, 5) is 16.6. The van der Waals surface area contributed by atoms with Gasteiger partial charge in [-0.2, -0.15) is 0 Å². The SMILES string of the molecule is CCCCCC(C)CCc1cc(OC(=O)CCCN2CCOCC2)c2c(c1)OC(C)(C)C1=C2CCS1. The van der Waals surface area contributed by atoms with Crippen molar-refractivity contribution in [3.8, 4) is 11.5 Å². The van der Waals surface area contributed by atoms with E-state index in [1.807, 2.05) is 11.8 Å². The molecule has 5 nitrogen and oxygen atoms in total. The Labute approximate surface area is 222 Å². The quantitative estimate of drug-likeness (QED) is 0.172. The highest BCUT2D eigenvalue weighted by Crippen LogP contribution is 2.54. The molecule has 3 aliphatic heterocycles. The average Bonchev–Trinajstić information content (AvgIpc) is 3.34. The molecule has 0 aliphatic carbocycles. The second-order valence-corrected chi connectivity index (χ2v) is 12.3. The summed E-state index contributed by atoms with van der Waals surface area (Å²) in [5, 5.41) is 0. The van der Waals surface area contributed by atoms with Crippen LogP contribution in [-0.4, -0.2) is 55.1 Å². The average molecular weight is 516 g/mol. The first kappa shape index (κ1) is 27.5. The molecule has 1 unspecified atom stereocenters. The molecule has 3 aliphatic rings. The number of unbranched alkanes of at least 4 members (excludes halogenated alkanes) is 2. The second-order valence-electron chi connectivity index (χ2n) is 11.2. The number of allylic oxidation sites excluding steroid dienone is 1. The molecule has 36 heavy (non-hydrogen) atoms. The van der Waals surface area contributed by atoms with Crippen molar-refractivity contribution in [2.45, 2.75) is 91.1 Å². The van der Waals surface area contributed by atoms with Crippen molar-refractivity contribution in [3.63, 3.8) is 0 Å². The van der Waals surface area contributed by atoms with Crippen LogP contribution >= 0.6 is 11.8 Å². The van der Waals surface area contributed by atoms with Gasteiger partial charge in [0, 0.05) is 30.2 Å². The molecule has 1 saturated heterocycles. The summed E-state index contributed by atoms with van der Waals surface area (Å²) in [6.07, 6.45) is 9.52. The molecule has 4 rings (SSSR count). The molecule has 0 spiro atoms. The van der Waals surface area contributed by atoms with E-state index >= 15 is 0 Å². The Morgan fingerprint density at radius 2 is 1.97 bits per heavy atom. The third kappa shape index (κ3) is 7.08. The summed E-state index contributed by atoms with van der Waals surface area (Å²) in [7, 11) is 0. The van der Waals surface area contributed by atoms with Crippen LogP contribution in [0.1, 0.15) is 90.2 Å². The molecule has 6 heteroatoms. The van der Waals surface area contributed by atoms with Crippen molar-refractivity contribution in [2.24, 2.45) is 5.92 Å². The van der Waals surface area contributed by atoms with E-state index in [9.17, 15) is 4.79 Å². The minimum Gasteiger partial charge on any atom is -0.482 e. The van der Waals surface area contributed by atoms with Crippen LogP contribution in [0.25, 0.3) is 5.57 Å². The normalized spacial score (nSPS) is 20.0. The molecule has 1 atom stereocenters. The van der Waals surface area contributed by atoms with E-state index in [-0.39, 0.29) is 11.6 Å². The molecule has 0 saturated carbocycles. The Morgan fingerprint density at radius 1 is 1.17 bits per heavy atom. The highest BCUT2D eigenvalue weighted by molar-refractivity contribution is 8.03. The number of rotatable bonds is 12. The summed E-state index contributed by atoms with van der Waals surface area (Å²) in [5.74, 6) is 3.18. The van der Waals surface area contributed by atoms with Crippen molar-refractivity contribution in [3.05, 3.63) is 28.2 Å². The zero-order chi connectivity index (χ0) is 25.5. The van der Waals surface area contributed by atoms with Gasteiger partial charge >= 0.3 is 5.97 Å². The maximum absolute atomic E-state index is 13.0. The van der Waals surface area contributed by atoms with Crippen molar-refractivity contribution in [1.29, 1.82) is 0 Å². The molecule has 0 radical (unpaired) electrons. The fourth-order valence-corrected chi connectivity index (χ4v) is 6.82. The first-order valence-corrected chi connectivity index (χ1v) is 15.1. The Hall–Kier alpha value is -1.50. The minimum absolute atomic E-state index is 0.145. The van der Waals surface area contributed by atoms with Crippen LogP contribution in [0.3, 0.4) is 0 Å². The third-order valence-electron chi connectivity index (χ3n) is 7.62. The maximum atomic E-state index is 13.0. The standard InChI is InChI=1S/C30H45NO4S/c1-5-6-7-9-22(2)11-12-23-20-25(34-27(32)10-8-14-31-15-17-33-18-16-31)28-24-13-19-36-29(24)30(3,4)35-26(28)21-23/h20-22H,5-19H2,1-4H3. The lowest BCUT2D eigenvalue weighted by Gasteiger charge is -2.35. The molecule has 200 valence electrons. The van der Waals surface area contributed by atoms with E-state index in [0.717, 1.165) is 75.6 Å². The first-order chi connectivity index (χ1) is 17.4. The van der Waals surface area contributed by atoms with Crippen LogP contribution in [-0.2, 0) is 16.0 Å². The first-order valence-electron chi connectivity index (χ1n) is 14.1. The van der Waals surface area contributed by atoms with E-state index in [2.05, 4.69) is 44.7 Å². The summed E-state index contributed by atoms with van der Waals surface area (Å²) in [6, 6.07) is 4.32. The van der Waals surface area contributed by atoms with Gasteiger partial charge in [0.2, 0.25) is 0 Å². The summed E-state index contributed by atoms with van der Waals surface area (Å²) in [6.45, 7) is 13.3. The van der Waals surface area contributed by atoms with Crippen LogP contribution in [0, 0.1) is 5.92 Å². The van der Waals surface area contributed by atoms with Gasteiger partial charge in [0.15, 0.2) is 0 Å². The molecular weight excluding hydrogens is 470 g/mol. The molecule has 0 N–H and O–H groups in total. The molecule has 1 aromatic rings. The number of thioether (sulfide) groups is 1. The van der Waals surface area contributed by atoms with Crippen LogP contribution in [0.5, 0.6) is 11.5 Å². The molecule has 3 heterocycles. The number of fused-ring (bicyclic) bond motifs is 2. The van der Waals surface area contributed by atoms with Gasteiger partial charge in [0.1, 0.15) is 17.1 Å². The van der Waals surface area contributed by atoms with Crippen LogP contribution in [0.4, 0.5) is 0 Å². The van der Waals surface area contributed by atoms with Gasteiger partial charge in [0.25, 0.3) is 0 Å². The number of ether oxygens (including phenoxy) is 3. The Bertz CT molecular complexity index is 935. The number of esters is 1. The molecule has 0 aromatic heterocycles. The van der Waals surface area contributed by atoms with Crippen LogP contribution in [0.15, 0.2) is 17.0 Å². The van der Waals surface area contributed by atoms with E-state index < -0.39 is 0 Å². The third-order valence-corrected chi connectivity index (χ3v) is 9.06. The van der Waals surface area contributed by atoms with Gasteiger partial charge in [-0.1, -0.05) is 39.5 Å². The minimum atomic E-state index is -0.338. The molecular formula is C30H45NO4S.